The number of unbranched alkanes of at least 4 members (excludes halogenated alkanes) is 1. The van der Waals surface area contributed by atoms with Gasteiger partial charge in [-0.25, -0.2) is 0 Å². The molecule has 0 aromatic heterocycles. The first-order valence-electron chi connectivity index (χ1n) is 4.86. The highest BCUT2D eigenvalue weighted by Gasteiger charge is 1.97. The lowest BCUT2D eigenvalue weighted by Gasteiger charge is -2.13. The largest absolute Gasteiger partial charge is 0.396 e. The maximum atomic E-state index is 8.53. The third kappa shape index (κ3) is 7.98. The normalized spacial score (nSPS) is 13.2. The van der Waals surface area contributed by atoms with Gasteiger partial charge in [-0.3, -0.25) is 0 Å². The van der Waals surface area contributed by atoms with Crippen molar-refractivity contribution in [2.75, 3.05) is 26.2 Å². The van der Waals surface area contributed by atoms with E-state index in [4.69, 9.17) is 5.11 Å². The Balaban J connectivity index is 3.02. The first-order valence-corrected chi connectivity index (χ1v) is 4.86. The summed E-state index contributed by atoms with van der Waals surface area (Å²) in [5.74, 6) is 0. The van der Waals surface area contributed by atoms with Crippen LogP contribution in [0.25, 0.3) is 0 Å². The lowest BCUT2D eigenvalue weighted by Crippen LogP contribution is -2.36. The van der Waals surface area contributed by atoms with Crippen LogP contribution in [0.1, 0.15) is 26.7 Å². The van der Waals surface area contributed by atoms with Gasteiger partial charge in [-0.05, 0) is 32.9 Å². The van der Waals surface area contributed by atoms with Crippen LogP contribution in [-0.2, 0) is 0 Å². The molecule has 0 heterocycles. The van der Waals surface area contributed by atoms with E-state index in [-0.39, 0.29) is 0 Å². The summed E-state index contributed by atoms with van der Waals surface area (Å²) in [7, 11) is 0. The summed E-state index contributed by atoms with van der Waals surface area (Å²) in [6, 6.07) is 0.531. The van der Waals surface area contributed by atoms with E-state index < -0.39 is 0 Å². The van der Waals surface area contributed by atoms with E-state index in [1.807, 2.05) is 0 Å². The van der Waals surface area contributed by atoms with Crippen LogP contribution in [0.2, 0.25) is 0 Å². The number of nitrogens with one attached hydrogen (secondary N) is 2. The molecule has 0 aromatic rings. The monoisotopic (exact) mass is 174 g/mol. The van der Waals surface area contributed by atoms with Crippen molar-refractivity contribution >= 4 is 0 Å². The van der Waals surface area contributed by atoms with Crippen LogP contribution in [0.3, 0.4) is 0 Å². The fraction of sp³-hybridized carbons (Fsp3) is 1.00. The molecule has 1 unspecified atom stereocenters. The van der Waals surface area contributed by atoms with E-state index in [2.05, 4.69) is 24.5 Å². The van der Waals surface area contributed by atoms with Crippen LogP contribution in [0.15, 0.2) is 0 Å². The summed E-state index contributed by atoms with van der Waals surface area (Å²) in [6.07, 6.45) is 1.97. The highest BCUT2D eigenvalue weighted by Crippen LogP contribution is 1.85. The number of likely N-dealkylation sites (N-methyl/N-ethyl adjacent to an activating group) is 1. The van der Waals surface area contributed by atoms with E-state index in [0.29, 0.717) is 12.6 Å². The van der Waals surface area contributed by atoms with E-state index in [0.717, 1.165) is 32.5 Å². The van der Waals surface area contributed by atoms with E-state index in [9.17, 15) is 0 Å². The molecule has 0 saturated carbocycles. The van der Waals surface area contributed by atoms with Crippen molar-refractivity contribution < 1.29 is 5.11 Å². The standard InChI is InChI=1S/C9H22N2O/c1-3-10-8-9(2)11-6-4-5-7-12/h9-12H,3-8H2,1-2H3. The third-order valence-corrected chi connectivity index (χ3v) is 1.78. The molecule has 12 heavy (non-hydrogen) atoms. The van der Waals surface area contributed by atoms with Gasteiger partial charge in [-0.2, -0.15) is 0 Å². The summed E-state index contributed by atoms with van der Waals surface area (Å²) in [6.45, 7) is 7.65. The second-order valence-corrected chi connectivity index (χ2v) is 3.09. The summed E-state index contributed by atoms with van der Waals surface area (Å²) < 4.78 is 0. The number of rotatable bonds is 8. The van der Waals surface area contributed by atoms with Crippen LogP contribution < -0.4 is 10.6 Å². The lowest BCUT2D eigenvalue weighted by molar-refractivity contribution is 0.282. The second-order valence-electron chi connectivity index (χ2n) is 3.09. The molecule has 3 N–H and O–H groups in total. The molecule has 0 radical (unpaired) electrons. The van der Waals surface area contributed by atoms with Crippen molar-refractivity contribution in [2.24, 2.45) is 0 Å². The Hall–Kier alpha value is -0.120. The number of aliphatic hydroxyl groups is 1. The second kappa shape index (κ2) is 8.97. The molecule has 0 fully saturated rings. The average Bonchev–Trinajstić information content (AvgIpc) is 2.09. The van der Waals surface area contributed by atoms with Crippen LogP contribution in [0.5, 0.6) is 0 Å². The molecule has 74 valence electrons. The maximum Gasteiger partial charge on any atom is 0.0431 e. The van der Waals surface area contributed by atoms with E-state index >= 15 is 0 Å². The lowest BCUT2D eigenvalue weighted by atomic mass is 10.3. The quantitative estimate of drug-likeness (QED) is 0.465. The fourth-order valence-electron chi connectivity index (χ4n) is 1.02. The van der Waals surface area contributed by atoms with Gasteiger partial charge in [0, 0.05) is 19.2 Å². The summed E-state index contributed by atoms with van der Waals surface area (Å²) in [5.41, 5.74) is 0. The van der Waals surface area contributed by atoms with Gasteiger partial charge in [0.15, 0.2) is 0 Å². The van der Waals surface area contributed by atoms with Crippen LogP contribution in [-0.4, -0.2) is 37.4 Å². The van der Waals surface area contributed by atoms with Gasteiger partial charge in [-0.15, -0.1) is 0 Å². The molecule has 0 aliphatic heterocycles. The van der Waals surface area contributed by atoms with Crippen molar-refractivity contribution in [3.63, 3.8) is 0 Å². The molecule has 1 atom stereocenters. The zero-order valence-corrected chi connectivity index (χ0v) is 8.27. The summed E-state index contributed by atoms with van der Waals surface area (Å²) >= 11 is 0. The van der Waals surface area contributed by atoms with Crippen molar-refractivity contribution in [3.05, 3.63) is 0 Å². The topological polar surface area (TPSA) is 44.3 Å². The minimum Gasteiger partial charge on any atom is -0.396 e. The summed E-state index contributed by atoms with van der Waals surface area (Å²) in [4.78, 5) is 0. The molecular weight excluding hydrogens is 152 g/mol. The molecule has 0 aliphatic rings. The fourth-order valence-corrected chi connectivity index (χ4v) is 1.02. The summed E-state index contributed by atoms with van der Waals surface area (Å²) in [5, 5.41) is 15.2. The van der Waals surface area contributed by atoms with Gasteiger partial charge < -0.3 is 15.7 Å². The minimum absolute atomic E-state index is 0.309. The van der Waals surface area contributed by atoms with Crippen LogP contribution >= 0.6 is 0 Å². The predicted molar refractivity (Wildman–Crippen MR) is 52.3 cm³/mol. The molecule has 0 rings (SSSR count). The Morgan fingerprint density at radius 1 is 1.33 bits per heavy atom. The number of hydrogen-bond acceptors (Lipinski definition) is 3. The highest BCUT2D eigenvalue weighted by atomic mass is 16.2. The third-order valence-electron chi connectivity index (χ3n) is 1.78. The molecule has 0 saturated heterocycles. The Kier molecular flexibility index (Phi) is 8.88. The molecule has 3 heteroatoms. The van der Waals surface area contributed by atoms with Gasteiger partial charge in [0.05, 0.1) is 0 Å². The van der Waals surface area contributed by atoms with Crippen LogP contribution in [0.4, 0.5) is 0 Å². The maximum absolute atomic E-state index is 8.53. The minimum atomic E-state index is 0.309. The van der Waals surface area contributed by atoms with Crippen molar-refractivity contribution in [3.8, 4) is 0 Å². The van der Waals surface area contributed by atoms with Gasteiger partial charge in [-0.1, -0.05) is 6.92 Å². The zero-order chi connectivity index (χ0) is 9.23. The first kappa shape index (κ1) is 11.9. The van der Waals surface area contributed by atoms with Gasteiger partial charge in [0.25, 0.3) is 0 Å². The molecule has 3 nitrogen and oxygen atoms in total. The Morgan fingerprint density at radius 2 is 2.08 bits per heavy atom. The van der Waals surface area contributed by atoms with Crippen molar-refractivity contribution in [1.82, 2.24) is 10.6 Å². The SMILES string of the molecule is CCNCC(C)NCCCCO. The highest BCUT2D eigenvalue weighted by molar-refractivity contribution is 4.62. The number of hydrogen-bond donors (Lipinski definition) is 3. The Morgan fingerprint density at radius 3 is 2.67 bits per heavy atom. The first-order chi connectivity index (χ1) is 5.81. The van der Waals surface area contributed by atoms with E-state index in [1.54, 1.807) is 0 Å². The molecular formula is C9H22N2O. The van der Waals surface area contributed by atoms with Crippen molar-refractivity contribution in [2.45, 2.75) is 32.7 Å². The van der Waals surface area contributed by atoms with Gasteiger partial charge >= 0.3 is 0 Å². The molecule has 0 spiro atoms. The molecule has 0 bridgehead atoms. The van der Waals surface area contributed by atoms with E-state index in [1.165, 1.54) is 0 Å². The van der Waals surface area contributed by atoms with Gasteiger partial charge in [0.2, 0.25) is 0 Å². The predicted octanol–water partition coefficient (Wildman–Crippen LogP) is 0.346. The zero-order valence-electron chi connectivity index (χ0n) is 8.27. The average molecular weight is 174 g/mol. The molecule has 0 amide bonds. The number of aliphatic hydroxyl groups excluding tert-OH is 1. The van der Waals surface area contributed by atoms with Crippen LogP contribution in [0, 0.1) is 0 Å². The van der Waals surface area contributed by atoms with Crippen molar-refractivity contribution in [1.29, 1.82) is 0 Å². The Bertz CT molecular complexity index is 88.6. The van der Waals surface area contributed by atoms with Gasteiger partial charge in [0.1, 0.15) is 0 Å². The smallest absolute Gasteiger partial charge is 0.0431 e. The molecule has 0 aromatic carbocycles. The Labute approximate surface area is 75.6 Å². The molecule has 0 aliphatic carbocycles.